The number of benzene rings is 1. The summed E-state index contributed by atoms with van der Waals surface area (Å²) in [5.41, 5.74) is 0.302. The van der Waals surface area contributed by atoms with Gasteiger partial charge in [0.1, 0.15) is 0 Å². The van der Waals surface area contributed by atoms with E-state index in [2.05, 4.69) is 14.6 Å². The molecule has 0 amide bonds. The number of aromatic nitrogens is 2. The number of aromatic carboxylic acids is 1. The molecule has 0 aliphatic rings. The van der Waals surface area contributed by atoms with Gasteiger partial charge >= 0.3 is 11.7 Å². The van der Waals surface area contributed by atoms with Crippen molar-refractivity contribution in [3.05, 3.63) is 40.4 Å². The highest BCUT2D eigenvalue weighted by atomic mass is 16.4. The lowest BCUT2D eigenvalue weighted by Gasteiger charge is -1.99. The molecule has 1 aromatic heterocycles. The molecule has 0 atom stereocenters. The first-order valence-electron chi connectivity index (χ1n) is 4.06. The van der Waals surface area contributed by atoms with Crippen LogP contribution in [-0.2, 0) is 0 Å². The maximum atomic E-state index is 10.8. The Morgan fingerprint density at radius 3 is 2.73 bits per heavy atom. The van der Waals surface area contributed by atoms with Gasteiger partial charge in [0, 0.05) is 0 Å². The van der Waals surface area contributed by atoms with E-state index in [4.69, 9.17) is 5.11 Å². The van der Waals surface area contributed by atoms with Gasteiger partial charge in [-0.15, -0.1) is 5.10 Å². The van der Waals surface area contributed by atoms with E-state index in [1.54, 1.807) is 12.1 Å². The Morgan fingerprint density at radius 2 is 2.13 bits per heavy atom. The number of hydrogen-bond acceptors (Lipinski definition) is 4. The van der Waals surface area contributed by atoms with Crippen LogP contribution < -0.4 is 5.76 Å². The molecule has 0 bridgehead atoms. The van der Waals surface area contributed by atoms with Gasteiger partial charge in [-0.3, -0.25) is 0 Å². The van der Waals surface area contributed by atoms with Crippen molar-refractivity contribution in [3.8, 4) is 11.5 Å². The minimum absolute atomic E-state index is 0.0296. The third-order valence-corrected chi connectivity index (χ3v) is 1.83. The number of H-pyrrole nitrogens is 1. The van der Waals surface area contributed by atoms with Crippen LogP contribution in [0.15, 0.2) is 33.5 Å². The van der Waals surface area contributed by atoms with Crippen LogP contribution in [-0.4, -0.2) is 21.3 Å². The van der Waals surface area contributed by atoms with Crippen LogP contribution in [0.5, 0.6) is 0 Å². The van der Waals surface area contributed by atoms with Gasteiger partial charge in [0.05, 0.1) is 11.1 Å². The van der Waals surface area contributed by atoms with Crippen molar-refractivity contribution in [1.82, 2.24) is 10.2 Å². The van der Waals surface area contributed by atoms with E-state index in [0.29, 0.717) is 0 Å². The van der Waals surface area contributed by atoms with Gasteiger partial charge in [-0.1, -0.05) is 12.1 Å². The summed E-state index contributed by atoms with van der Waals surface area (Å²) in [7, 11) is 0. The largest absolute Gasteiger partial charge is 0.478 e. The second-order valence-corrected chi connectivity index (χ2v) is 2.77. The van der Waals surface area contributed by atoms with Crippen molar-refractivity contribution < 1.29 is 14.3 Å². The zero-order chi connectivity index (χ0) is 10.8. The first-order valence-corrected chi connectivity index (χ1v) is 4.06. The second-order valence-electron chi connectivity index (χ2n) is 2.77. The molecule has 0 fully saturated rings. The molecule has 0 radical (unpaired) electrons. The van der Waals surface area contributed by atoms with Crippen molar-refractivity contribution in [2.75, 3.05) is 0 Å². The summed E-state index contributed by atoms with van der Waals surface area (Å²) in [5.74, 6) is -1.85. The van der Waals surface area contributed by atoms with E-state index in [1.807, 2.05) is 0 Å². The van der Waals surface area contributed by atoms with Gasteiger partial charge in [-0.05, 0) is 12.1 Å². The second kappa shape index (κ2) is 3.41. The lowest BCUT2D eigenvalue weighted by atomic mass is 10.1. The monoisotopic (exact) mass is 206 g/mol. The van der Waals surface area contributed by atoms with Crippen molar-refractivity contribution in [2.45, 2.75) is 0 Å². The number of nitrogens with zero attached hydrogens (tertiary/aromatic N) is 1. The van der Waals surface area contributed by atoms with Crippen LogP contribution in [0.4, 0.5) is 0 Å². The number of carboxylic acids is 1. The van der Waals surface area contributed by atoms with Gasteiger partial charge in [-0.2, -0.15) is 0 Å². The Kier molecular flexibility index (Phi) is 2.09. The lowest BCUT2D eigenvalue weighted by molar-refractivity contribution is 0.0697. The molecular weight excluding hydrogens is 200 g/mol. The van der Waals surface area contributed by atoms with E-state index in [9.17, 15) is 9.59 Å². The minimum atomic E-state index is -1.10. The number of nitrogens with one attached hydrogen (secondary N) is 1. The number of carbonyl (C=O) groups is 1. The van der Waals surface area contributed by atoms with E-state index < -0.39 is 11.7 Å². The zero-order valence-corrected chi connectivity index (χ0v) is 7.43. The molecule has 0 saturated heterocycles. The average molecular weight is 206 g/mol. The molecule has 0 saturated carbocycles. The highest BCUT2D eigenvalue weighted by Crippen LogP contribution is 2.19. The normalized spacial score (nSPS) is 10.1. The summed E-state index contributed by atoms with van der Waals surface area (Å²) in [6, 6.07) is 6.14. The van der Waals surface area contributed by atoms with Gasteiger partial charge in [0.15, 0.2) is 0 Å². The molecule has 1 heterocycles. The summed E-state index contributed by atoms with van der Waals surface area (Å²) in [4.78, 5) is 21.6. The molecule has 0 spiro atoms. The lowest BCUT2D eigenvalue weighted by Crippen LogP contribution is -1.99. The maximum Gasteiger partial charge on any atom is 0.434 e. The SMILES string of the molecule is O=C(O)c1ccccc1-c1n[nH]c(=O)o1. The molecule has 0 unspecified atom stereocenters. The molecule has 0 aliphatic heterocycles. The fourth-order valence-electron chi connectivity index (χ4n) is 1.20. The third-order valence-electron chi connectivity index (χ3n) is 1.83. The number of hydrogen-bond donors (Lipinski definition) is 2. The fraction of sp³-hybridized carbons (Fsp3) is 0. The highest BCUT2D eigenvalue weighted by Gasteiger charge is 2.14. The number of rotatable bonds is 2. The van der Waals surface area contributed by atoms with E-state index in [0.717, 1.165) is 0 Å². The number of aromatic amines is 1. The maximum absolute atomic E-state index is 10.8. The van der Waals surface area contributed by atoms with Crippen LogP contribution in [0.25, 0.3) is 11.5 Å². The number of carboxylic acid groups (broad SMARTS) is 1. The highest BCUT2D eigenvalue weighted by molar-refractivity contribution is 5.94. The molecule has 15 heavy (non-hydrogen) atoms. The minimum Gasteiger partial charge on any atom is -0.478 e. The summed E-state index contributed by atoms with van der Waals surface area (Å²) >= 11 is 0. The Morgan fingerprint density at radius 1 is 1.40 bits per heavy atom. The molecule has 2 N–H and O–H groups in total. The Bertz CT molecular complexity index is 555. The molecule has 0 aliphatic carbocycles. The molecule has 76 valence electrons. The van der Waals surface area contributed by atoms with Crippen LogP contribution in [0, 0.1) is 0 Å². The Balaban J connectivity index is 2.62. The zero-order valence-electron chi connectivity index (χ0n) is 7.43. The van der Waals surface area contributed by atoms with Crippen LogP contribution in [0.1, 0.15) is 10.4 Å². The Hall–Kier alpha value is -2.37. The molecular formula is C9H6N2O4. The summed E-state index contributed by atoms with van der Waals surface area (Å²) in [6.07, 6.45) is 0. The van der Waals surface area contributed by atoms with Gasteiger partial charge in [-0.25, -0.2) is 14.7 Å². The van der Waals surface area contributed by atoms with Crippen molar-refractivity contribution in [2.24, 2.45) is 0 Å². The Labute approximate surface area is 83.2 Å². The molecule has 2 aromatic rings. The standard InChI is InChI=1S/C9H6N2O4/c12-8(13)6-4-2-1-3-5(6)7-10-11-9(14)15-7/h1-4H,(H,11,14)(H,12,13). The predicted octanol–water partition coefficient (Wildman–Crippen LogP) is 0.728. The summed E-state index contributed by atoms with van der Waals surface area (Å²) < 4.78 is 4.67. The van der Waals surface area contributed by atoms with E-state index in [1.165, 1.54) is 12.1 Å². The molecule has 2 rings (SSSR count). The van der Waals surface area contributed by atoms with Gasteiger partial charge in [0.25, 0.3) is 0 Å². The summed E-state index contributed by atoms with van der Waals surface area (Å²) in [6.45, 7) is 0. The van der Waals surface area contributed by atoms with Gasteiger partial charge < -0.3 is 9.52 Å². The average Bonchev–Trinajstić information content (AvgIpc) is 2.65. The van der Waals surface area contributed by atoms with E-state index >= 15 is 0 Å². The molecule has 1 aromatic carbocycles. The first-order chi connectivity index (χ1) is 7.18. The smallest absolute Gasteiger partial charge is 0.434 e. The molecule has 6 heteroatoms. The van der Waals surface area contributed by atoms with Crippen molar-refractivity contribution >= 4 is 5.97 Å². The molecule has 6 nitrogen and oxygen atoms in total. The van der Waals surface area contributed by atoms with Crippen molar-refractivity contribution in [1.29, 1.82) is 0 Å². The summed E-state index contributed by atoms with van der Waals surface area (Å²) in [5, 5.41) is 14.5. The fourth-order valence-corrected chi connectivity index (χ4v) is 1.20. The van der Waals surface area contributed by atoms with E-state index in [-0.39, 0.29) is 17.0 Å². The topological polar surface area (TPSA) is 96.2 Å². The van der Waals surface area contributed by atoms with Gasteiger partial charge in [0.2, 0.25) is 5.89 Å². The predicted molar refractivity (Wildman–Crippen MR) is 49.5 cm³/mol. The quantitative estimate of drug-likeness (QED) is 0.754. The first kappa shape index (κ1) is 9.20. The van der Waals surface area contributed by atoms with Crippen LogP contribution >= 0.6 is 0 Å². The van der Waals surface area contributed by atoms with Crippen molar-refractivity contribution in [3.63, 3.8) is 0 Å². The van der Waals surface area contributed by atoms with Crippen LogP contribution in [0.2, 0.25) is 0 Å². The third kappa shape index (κ3) is 1.64. The van der Waals surface area contributed by atoms with Crippen LogP contribution in [0.3, 0.4) is 0 Å².